The summed E-state index contributed by atoms with van der Waals surface area (Å²) < 4.78 is 57.0. The van der Waals surface area contributed by atoms with Crippen molar-refractivity contribution in [1.29, 1.82) is 0 Å². The van der Waals surface area contributed by atoms with Crippen molar-refractivity contribution >= 4 is 11.9 Å². The maximum absolute atomic E-state index is 13.8. The molecule has 2 saturated heterocycles. The Morgan fingerprint density at radius 3 is 2.45 bits per heavy atom. The summed E-state index contributed by atoms with van der Waals surface area (Å²) in [6.07, 6.45) is -3.24. The van der Waals surface area contributed by atoms with Gasteiger partial charge in [-0.15, -0.1) is 0 Å². The van der Waals surface area contributed by atoms with Crippen LogP contribution >= 0.6 is 0 Å². The molecular formula is C22H24F4N2O5. The molecule has 1 N–H and O–H groups in total. The predicted octanol–water partition coefficient (Wildman–Crippen LogP) is 2.95. The number of nitrogens with zero attached hydrogens (tertiary/aromatic N) is 2. The Bertz CT molecular complexity index is 935. The first kappa shape index (κ1) is 24.7. The molecule has 4 rings (SSSR count). The lowest BCUT2D eigenvalue weighted by Crippen LogP contribution is -2.34. The number of likely N-dealkylation sites (tertiary alicyclic amines) is 1. The van der Waals surface area contributed by atoms with Crippen LogP contribution in [0.15, 0.2) is 47.1 Å². The van der Waals surface area contributed by atoms with Gasteiger partial charge in [-0.25, -0.2) is 9.18 Å². The molecule has 1 aromatic carbocycles. The van der Waals surface area contributed by atoms with E-state index < -0.39 is 12.1 Å². The molecule has 1 amide bonds. The number of carboxylic acids is 1. The summed E-state index contributed by atoms with van der Waals surface area (Å²) in [7, 11) is 0. The molecule has 0 bridgehead atoms. The average molecular weight is 472 g/mol. The number of amides is 1. The topological polar surface area (TPSA) is 83.2 Å². The van der Waals surface area contributed by atoms with Gasteiger partial charge in [0.15, 0.2) is 0 Å². The third kappa shape index (κ3) is 7.03. The fraction of sp³-hybridized carbons (Fsp3) is 0.455. The van der Waals surface area contributed by atoms with Crippen molar-refractivity contribution in [1.82, 2.24) is 9.80 Å². The second-order valence-electron chi connectivity index (χ2n) is 7.85. The zero-order valence-corrected chi connectivity index (χ0v) is 17.6. The van der Waals surface area contributed by atoms with E-state index in [2.05, 4.69) is 4.90 Å². The van der Waals surface area contributed by atoms with E-state index in [9.17, 15) is 22.4 Å². The number of ether oxygens (including phenoxy) is 1. The third-order valence-corrected chi connectivity index (χ3v) is 5.47. The summed E-state index contributed by atoms with van der Waals surface area (Å²) in [5, 5.41) is 7.12. The summed E-state index contributed by atoms with van der Waals surface area (Å²) >= 11 is 0. The Labute approximate surface area is 187 Å². The van der Waals surface area contributed by atoms with Crippen LogP contribution in [0.1, 0.15) is 11.3 Å². The van der Waals surface area contributed by atoms with Gasteiger partial charge in [0.25, 0.3) is 0 Å². The molecule has 7 nitrogen and oxygen atoms in total. The van der Waals surface area contributed by atoms with Crippen molar-refractivity contribution in [3.8, 4) is 0 Å². The van der Waals surface area contributed by atoms with E-state index in [1.165, 1.54) is 6.07 Å². The molecule has 0 saturated carbocycles. The van der Waals surface area contributed by atoms with E-state index in [-0.39, 0.29) is 30.2 Å². The molecule has 2 aliphatic rings. The van der Waals surface area contributed by atoms with Gasteiger partial charge in [0.1, 0.15) is 11.6 Å². The number of carboxylic acid groups (broad SMARTS) is 1. The second kappa shape index (κ2) is 10.8. The first-order chi connectivity index (χ1) is 15.6. The molecule has 0 unspecified atom stereocenters. The molecule has 0 spiro atoms. The Morgan fingerprint density at radius 2 is 1.82 bits per heavy atom. The first-order valence-corrected chi connectivity index (χ1v) is 10.3. The number of aliphatic carboxylic acids is 1. The van der Waals surface area contributed by atoms with Crippen LogP contribution in [0.25, 0.3) is 0 Å². The summed E-state index contributed by atoms with van der Waals surface area (Å²) in [6, 6.07) is 10.3. The van der Waals surface area contributed by atoms with Gasteiger partial charge in [0.05, 0.1) is 31.9 Å². The lowest BCUT2D eigenvalue weighted by atomic mass is 10.1. The average Bonchev–Trinajstić information content (AvgIpc) is 3.36. The number of hydrogen-bond acceptors (Lipinski definition) is 5. The highest BCUT2D eigenvalue weighted by Gasteiger charge is 2.39. The lowest BCUT2D eigenvalue weighted by molar-refractivity contribution is -0.192. The second-order valence-corrected chi connectivity index (χ2v) is 7.85. The molecule has 3 heterocycles. The van der Waals surface area contributed by atoms with Crippen LogP contribution in [0.5, 0.6) is 0 Å². The minimum atomic E-state index is -5.08. The number of furan rings is 1. The summed E-state index contributed by atoms with van der Waals surface area (Å²) in [6.45, 7) is 4.38. The van der Waals surface area contributed by atoms with Gasteiger partial charge in [-0.05, 0) is 23.8 Å². The molecule has 2 aromatic rings. The fourth-order valence-electron chi connectivity index (χ4n) is 3.85. The van der Waals surface area contributed by atoms with Crippen LogP contribution in [0, 0.1) is 11.7 Å². The molecule has 2 atom stereocenters. The van der Waals surface area contributed by atoms with Crippen LogP contribution in [0.3, 0.4) is 0 Å². The van der Waals surface area contributed by atoms with Gasteiger partial charge in [-0.1, -0.05) is 18.2 Å². The van der Waals surface area contributed by atoms with Crippen LogP contribution in [-0.2, 0) is 27.3 Å². The Balaban J connectivity index is 0.000000383. The molecule has 180 valence electrons. The van der Waals surface area contributed by atoms with Gasteiger partial charge in [0.2, 0.25) is 5.91 Å². The highest BCUT2D eigenvalue weighted by molar-refractivity contribution is 5.79. The van der Waals surface area contributed by atoms with E-state index in [1.807, 2.05) is 17.0 Å². The van der Waals surface area contributed by atoms with E-state index in [0.717, 1.165) is 25.4 Å². The van der Waals surface area contributed by atoms with Crippen molar-refractivity contribution in [2.45, 2.75) is 25.2 Å². The predicted molar refractivity (Wildman–Crippen MR) is 108 cm³/mol. The van der Waals surface area contributed by atoms with Crippen molar-refractivity contribution in [3.63, 3.8) is 0 Å². The molecule has 11 heteroatoms. The number of benzene rings is 1. The Hall–Kier alpha value is -2.92. The number of carbonyl (C=O) groups excluding carboxylic acids is 1. The number of fused-ring (bicyclic) bond motifs is 1. The van der Waals surface area contributed by atoms with E-state index in [0.29, 0.717) is 25.3 Å². The summed E-state index contributed by atoms with van der Waals surface area (Å²) in [5.41, 5.74) is 0.449. The molecule has 0 radical (unpaired) electrons. The lowest BCUT2D eigenvalue weighted by Gasteiger charge is -2.22. The fourth-order valence-corrected chi connectivity index (χ4v) is 3.85. The number of rotatable bonds is 4. The molecule has 33 heavy (non-hydrogen) atoms. The molecule has 2 fully saturated rings. The van der Waals surface area contributed by atoms with Crippen molar-refractivity contribution in [2.24, 2.45) is 5.92 Å². The SMILES string of the molecule is O=C(Cc1ccccc1F)N1C[C@@H]2CN(Cc3ccco3)CCO[C@@H]2C1.O=C(O)C(F)(F)F. The van der Waals surface area contributed by atoms with E-state index in [4.69, 9.17) is 19.1 Å². The number of halogens is 4. The van der Waals surface area contributed by atoms with E-state index in [1.54, 1.807) is 24.5 Å². The molecule has 0 aliphatic carbocycles. The van der Waals surface area contributed by atoms with Crippen molar-refractivity contribution in [3.05, 3.63) is 59.8 Å². The van der Waals surface area contributed by atoms with Gasteiger partial charge >= 0.3 is 12.1 Å². The van der Waals surface area contributed by atoms with Gasteiger partial charge < -0.3 is 19.2 Å². The smallest absolute Gasteiger partial charge is 0.475 e. The molecule has 1 aromatic heterocycles. The molecule has 2 aliphatic heterocycles. The quantitative estimate of drug-likeness (QED) is 0.690. The van der Waals surface area contributed by atoms with Crippen molar-refractivity contribution in [2.75, 3.05) is 32.8 Å². The van der Waals surface area contributed by atoms with Gasteiger partial charge in [-0.3, -0.25) is 9.69 Å². The van der Waals surface area contributed by atoms with Gasteiger partial charge in [-0.2, -0.15) is 13.2 Å². The third-order valence-electron chi connectivity index (χ3n) is 5.47. The minimum Gasteiger partial charge on any atom is -0.475 e. The summed E-state index contributed by atoms with van der Waals surface area (Å²) in [4.78, 5) is 25.6. The Kier molecular flexibility index (Phi) is 8.09. The van der Waals surface area contributed by atoms with Crippen LogP contribution in [0.4, 0.5) is 17.6 Å². The number of hydrogen-bond donors (Lipinski definition) is 1. The van der Waals surface area contributed by atoms with Crippen molar-refractivity contribution < 1.29 is 41.4 Å². The number of alkyl halides is 3. The highest BCUT2D eigenvalue weighted by atomic mass is 19.4. The summed E-state index contributed by atoms with van der Waals surface area (Å²) in [5.74, 6) is -1.90. The zero-order valence-electron chi connectivity index (χ0n) is 17.6. The minimum absolute atomic E-state index is 0.0376. The monoisotopic (exact) mass is 472 g/mol. The van der Waals surface area contributed by atoms with Gasteiger partial charge in [0, 0.05) is 32.1 Å². The van der Waals surface area contributed by atoms with E-state index >= 15 is 0 Å². The first-order valence-electron chi connectivity index (χ1n) is 10.3. The Morgan fingerprint density at radius 1 is 1.09 bits per heavy atom. The number of carbonyl (C=O) groups is 2. The standard InChI is InChI=1S/C20H23FN2O3.C2HF3O2/c21-18-6-2-1-4-15(18)10-20(24)23-12-16-11-22(7-9-26-19(16)14-23)13-17-5-3-8-25-17;3-2(4,5)1(6)7/h1-6,8,16,19H,7,9-14H2;(H,6,7)/t16-,19+;/m0./s1. The van der Waals surface area contributed by atoms with Crippen LogP contribution in [-0.4, -0.2) is 71.8 Å². The largest absolute Gasteiger partial charge is 0.490 e. The molecular weight excluding hydrogens is 448 g/mol. The van der Waals surface area contributed by atoms with Crippen LogP contribution < -0.4 is 0 Å². The maximum Gasteiger partial charge on any atom is 0.490 e. The zero-order chi connectivity index (χ0) is 24.0. The normalized spacial score (nSPS) is 21.0. The highest BCUT2D eigenvalue weighted by Crippen LogP contribution is 2.25. The van der Waals surface area contributed by atoms with Crippen LogP contribution in [0.2, 0.25) is 0 Å². The maximum atomic E-state index is 13.8.